The Morgan fingerprint density at radius 2 is 1.80 bits per heavy atom. The van der Waals surface area contributed by atoms with Gasteiger partial charge in [-0.05, 0) is 25.3 Å². The Bertz CT molecular complexity index is 666. The van der Waals surface area contributed by atoms with Crippen LogP contribution in [0.5, 0.6) is 5.88 Å². The van der Waals surface area contributed by atoms with Crippen molar-refractivity contribution in [2.24, 2.45) is 10.8 Å². The number of rotatable bonds is 5. The van der Waals surface area contributed by atoms with Gasteiger partial charge in [0, 0.05) is 6.07 Å². The number of amides is 1. The molecule has 0 unspecified atom stereocenters. The fourth-order valence-corrected chi connectivity index (χ4v) is 3.48. The number of aromatic nitrogens is 1. The average Bonchev–Trinajstić information content (AvgIpc) is 2.38. The molecule has 3 aliphatic rings. The van der Waals surface area contributed by atoms with E-state index in [-0.39, 0.29) is 37.4 Å². The van der Waals surface area contributed by atoms with Gasteiger partial charge in [0.2, 0.25) is 11.8 Å². The maximum atomic E-state index is 12.8. The molecule has 10 heteroatoms. The van der Waals surface area contributed by atoms with Gasteiger partial charge in [0.05, 0.1) is 23.1 Å². The molecule has 1 amide bonds. The summed E-state index contributed by atoms with van der Waals surface area (Å²) >= 11 is 0. The summed E-state index contributed by atoms with van der Waals surface area (Å²) in [7, 11) is 0. The van der Waals surface area contributed by atoms with Gasteiger partial charge in [0.25, 0.3) is 0 Å². The van der Waals surface area contributed by atoms with Gasteiger partial charge >= 0.3 is 12.4 Å². The van der Waals surface area contributed by atoms with E-state index in [1.54, 1.807) is 0 Å². The van der Waals surface area contributed by atoms with Crippen molar-refractivity contribution < 1.29 is 35.9 Å². The first-order valence-electron chi connectivity index (χ1n) is 7.45. The molecule has 0 saturated heterocycles. The number of nitrogens with one attached hydrogen (secondary N) is 1. The van der Waals surface area contributed by atoms with Crippen LogP contribution >= 0.6 is 0 Å². The van der Waals surface area contributed by atoms with Crippen molar-refractivity contribution in [1.82, 2.24) is 10.3 Å². The van der Waals surface area contributed by atoms with Crippen LogP contribution in [0.25, 0.3) is 0 Å². The Kier molecular flexibility index (Phi) is 3.92. The van der Waals surface area contributed by atoms with Crippen LogP contribution in [0.4, 0.5) is 26.3 Å². The molecule has 0 radical (unpaired) electrons. The Balaban J connectivity index is 1.51. The highest BCUT2D eigenvalue weighted by atomic mass is 19.4. The molecule has 0 aromatic carbocycles. The average molecular weight is 368 g/mol. The van der Waals surface area contributed by atoms with E-state index in [4.69, 9.17) is 0 Å². The molecular weight excluding hydrogens is 354 g/mol. The van der Waals surface area contributed by atoms with Crippen molar-refractivity contribution in [3.63, 3.8) is 0 Å². The third-order valence-corrected chi connectivity index (χ3v) is 4.71. The summed E-state index contributed by atoms with van der Waals surface area (Å²) in [4.78, 5) is 15.9. The van der Waals surface area contributed by atoms with E-state index < -0.39 is 35.7 Å². The van der Waals surface area contributed by atoms with Gasteiger partial charge in [-0.3, -0.25) is 4.79 Å². The predicted octanol–water partition coefficient (Wildman–Crippen LogP) is 3.37. The molecule has 3 fully saturated rings. The second-order valence-electron chi connectivity index (χ2n) is 6.64. The van der Waals surface area contributed by atoms with E-state index in [0.29, 0.717) is 0 Å². The molecule has 1 aromatic rings. The molecule has 1 aromatic heterocycles. The van der Waals surface area contributed by atoms with Gasteiger partial charge in [0.1, 0.15) is 0 Å². The van der Waals surface area contributed by atoms with E-state index in [2.05, 4.69) is 15.0 Å². The second kappa shape index (κ2) is 5.50. The summed E-state index contributed by atoms with van der Waals surface area (Å²) < 4.78 is 79.1. The molecule has 4 nitrogen and oxygen atoms in total. The molecule has 3 saturated carbocycles. The molecule has 138 valence electrons. The first-order valence-corrected chi connectivity index (χ1v) is 7.45. The number of ether oxygens (including phenoxy) is 1. The summed E-state index contributed by atoms with van der Waals surface area (Å²) in [5.41, 5.74) is -2.43. The normalized spacial score (nSPS) is 27.9. The molecule has 25 heavy (non-hydrogen) atoms. The highest BCUT2D eigenvalue weighted by molar-refractivity contribution is 5.86. The maximum absolute atomic E-state index is 12.8. The van der Waals surface area contributed by atoms with Crippen molar-refractivity contribution in [1.29, 1.82) is 0 Å². The Morgan fingerprint density at radius 3 is 2.36 bits per heavy atom. The van der Waals surface area contributed by atoms with Crippen LogP contribution in [0.2, 0.25) is 0 Å². The number of nitrogens with zero attached hydrogens (tertiary/aromatic N) is 1. The van der Waals surface area contributed by atoms with E-state index in [0.717, 1.165) is 0 Å². The number of hydrogen-bond acceptors (Lipinski definition) is 3. The molecule has 0 atom stereocenters. The molecule has 1 heterocycles. The third-order valence-electron chi connectivity index (χ3n) is 4.71. The van der Waals surface area contributed by atoms with Crippen LogP contribution in [0.3, 0.4) is 0 Å². The van der Waals surface area contributed by atoms with Crippen molar-refractivity contribution in [3.8, 4) is 5.88 Å². The fraction of sp³-hybridized carbons (Fsp3) is 0.600. The molecule has 0 spiro atoms. The lowest BCUT2D eigenvalue weighted by atomic mass is 9.34. The molecule has 4 rings (SSSR count). The smallest absolute Gasteiger partial charge is 0.422 e. The zero-order valence-corrected chi connectivity index (χ0v) is 12.8. The van der Waals surface area contributed by atoms with Crippen molar-refractivity contribution in [2.45, 2.75) is 38.2 Å². The van der Waals surface area contributed by atoms with Crippen LogP contribution in [0, 0.1) is 10.8 Å². The molecular formula is C15H14F6N2O2. The SMILES string of the molecule is O=C(NCc1cccc(OCC(F)(F)F)n1)C12CC(C(F)(F)F)(C1)C2. The Hall–Kier alpha value is -2.00. The maximum Gasteiger partial charge on any atom is 0.422 e. The number of carbonyl (C=O) groups excluding carboxylic acids is 1. The number of alkyl halides is 6. The van der Waals surface area contributed by atoms with Crippen LogP contribution in [0.15, 0.2) is 18.2 Å². The van der Waals surface area contributed by atoms with Gasteiger partial charge in [-0.25, -0.2) is 4.98 Å². The molecule has 3 aliphatic carbocycles. The lowest BCUT2D eigenvalue weighted by molar-refractivity contribution is -0.351. The van der Waals surface area contributed by atoms with E-state index in [1.807, 2.05) is 0 Å². The third kappa shape index (κ3) is 3.25. The summed E-state index contributed by atoms with van der Waals surface area (Å²) in [6.07, 6.45) is -9.42. The van der Waals surface area contributed by atoms with Gasteiger partial charge in [-0.2, -0.15) is 26.3 Å². The van der Waals surface area contributed by atoms with Crippen molar-refractivity contribution in [2.75, 3.05) is 6.61 Å². The second-order valence-corrected chi connectivity index (χ2v) is 6.64. The van der Waals surface area contributed by atoms with E-state index in [9.17, 15) is 31.1 Å². The number of pyridine rings is 1. The monoisotopic (exact) mass is 368 g/mol. The first-order chi connectivity index (χ1) is 11.4. The fourth-order valence-electron chi connectivity index (χ4n) is 3.48. The van der Waals surface area contributed by atoms with E-state index in [1.165, 1.54) is 18.2 Å². The van der Waals surface area contributed by atoms with Gasteiger partial charge < -0.3 is 10.1 Å². The van der Waals surface area contributed by atoms with Crippen LogP contribution in [0.1, 0.15) is 25.0 Å². The van der Waals surface area contributed by atoms with Gasteiger partial charge in [0.15, 0.2) is 6.61 Å². The van der Waals surface area contributed by atoms with Crippen molar-refractivity contribution >= 4 is 5.91 Å². The first kappa shape index (κ1) is 17.8. The number of halogens is 6. The lowest BCUT2D eigenvalue weighted by Crippen LogP contribution is -2.72. The Labute approximate surface area is 138 Å². The summed E-state index contributed by atoms with van der Waals surface area (Å²) in [5.74, 6) is -0.729. The lowest BCUT2D eigenvalue weighted by Gasteiger charge is -2.69. The minimum Gasteiger partial charge on any atom is -0.468 e. The van der Waals surface area contributed by atoms with Crippen molar-refractivity contribution in [3.05, 3.63) is 23.9 Å². The Morgan fingerprint density at radius 1 is 1.16 bits per heavy atom. The molecule has 1 N–H and O–H groups in total. The molecule has 0 aliphatic heterocycles. The topological polar surface area (TPSA) is 51.2 Å². The minimum absolute atomic E-state index is 0.0944. The summed E-state index contributed by atoms with van der Waals surface area (Å²) in [5, 5.41) is 2.50. The zero-order chi connectivity index (χ0) is 18.5. The summed E-state index contributed by atoms with van der Waals surface area (Å²) in [6, 6.07) is 4.13. The molecule has 2 bridgehead atoms. The highest BCUT2D eigenvalue weighted by Gasteiger charge is 2.80. The van der Waals surface area contributed by atoms with Gasteiger partial charge in [-0.1, -0.05) is 6.07 Å². The predicted molar refractivity (Wildman–Crippen MR) is 72.4 cm³/mol. The number of carbonyl (C=O) groups is 1. The van der Waals surface area contributed by atoms with Crippen LogP contribution in [-0.4, -0.2) is 29.9 Å². The van der Waals surface area contributed by atoms with Crippen LogP contribution < -0.4 is 10.1 Å². The van der Waals surface area contributed by atoms with Gasteiger partial charge in [-0.15, -0.1) is 0 Å². The number of hydrogen-bond donors (Lipinski definition) is 1. The highest BCUT2D eigenvalue weighted by Crippen LogP contribution is 2.78. The largest absolute Gasteiger partial charge is 0.468 e. The quantitative estimate of drug-likeness (QED) is 0.811. The van der Waals surface area contributed by atoms with Crippen LogP contribution in [-0.2, 0) is 11.3 Å². The minimum atomic E-state index is -4.50. The summed E-state index contributed by atoms with van der Waals surface area (Å²) in [6.45, 7) is -1.58. The zero-order valence-electron chi connectivity index (χ0n) is 12.8. The standard InChI is InChI=1S/C15H14F6N2O2/c16-14(17,18)8-25-10-3-1-2-9(23-10)4-22-11(24)12-5-13(6-12,7-12)15(19,20)21/h1-3H,4-8H2,(H,22,24). The van der Waals surface area contributed by atoms with E-state index >= 15 is 0 Å².